The average Bonchev–Trinajstić information content (AvgIpc) is 2.14. The second-order valence-electron chi connectivity index (χ2n) is 2.92. The first-order valence-electron chi connectivity index (χ1n) is 4.38. The smallest absolute Gasteiger partial charge is 0.236 e. The van der Waals surface area contributed by atoms with E-state index in [1.807, 2.05) is 11.8 Å². The molecule has 0 aliphatic heterocycles. The molecule has 5 heteroatoms. The number of anilines is 2. The van der Waals surface area contributed by atoms with E-state index in [1.54, 1.807) is 18.3 Å². The molecule has 0 aromatic carbocycles. The predicted molar refractivity (Wildman–Crippen MR) is 55.7 cm³/mol. The van der Waals surface area contributed by atoms with Crippen molar-refractivity contribution >= 4 is 17.4 Å². The van der Waals surface area contributed by atoms with Crippen molar-refractivity contribution in [3.63, 3.8) is 0 Å². The summed E-state index contributed by atoms with van der Waals surface area (Å²) in [6, 6.07) is 3.51. The lowest BCUT2D eigenvalue weighted by Crippen LogP contribution is -2.33. The molecule has 0 bridgehead atoms. The van der Waals surface area contributed by atoms with E-state index in [1.165, 1.54) is 0 Å². The summed E-state index contributed by atoms with van der Waals surface area (Å²) in [4.78, 5) is 16.5. The second kappa shape index (κ2) is 4.45. The normalized spacial score (nSPS) is 9.79. The fourth-order valence-corrected chi connectivity index (χ4v) is 1.21. The number of pyridine rings is 1. The van der Waals surface area contributed by atoms with Crippen LogP contribution in [0.3, 0.4) is 0 Å². The van der Waals surface area contributed by atoms with Gasteiger partial charge in [0.05, 0.1) is 6.54 Å². The third kappa shape index (κ3) is 2.62. The summed E-state index contributed by atoms with van der Waals surface area (Å²) in [6.45, 7) is 2.84. The van der Waals surface area contributed by atoms with Crippen LogP contribution in [-0.4, -0.2) is 24.0 Å². The summed E-state index contributed by atoms with van der Waals surface area (Å²) < 4.78 is 0. The Morgan fingerprint density at radius 3 is 2.86 bits per heavy atom. The third-order valence-electron chi connectivity index (χ3n) is 1.86. The number of likely N-dealkylation sites (N-methyl/N-ethyl adjacent to an activating group) is 1. The van der Waals surface area contributed by atoms with Gasteiger partial charge in [0, 0.05) is 24.5 Å². The van der Waals surface area contributed by atoms with Crippen LogP contribution in [0.2, 0.25) is 0 Å². The van der Waals surface area contributed by atoms with Gasteiger partial charge in [-0.05, 0) is 13.0 Å². The molecule has 1 heterocycles. The number of aromatic nitrogens is 1. The first-order chi connectivity index (χ1) is 6.63. The van der Waals surface area contributed by atoms with Crippen molar-refractivity contribution in [3.8, 4) is 0 Å². The van der Waals surface area contributed by atoms with Crippen LogP contribution in [0.4, 0.5) is 11.5 Å². The number of nitrogen functional groups attached to an aromatic ring is 1. The number of hydrogen-bond acceptors (Lipinski definition) is 4. The van der Waals surface area contributed by atoms with Gasteiger partial charge in [-0.3, -0.25) is 4.79 Å². The molecule has 0 atom stereocenters. The molecule has 0 aliphatic rings. The Kier molecular flexibility index (Phi) is 3.28. The molecular formula is C9H14N4O. The molecule has 0 aliphatic carbocycles. The topological polar surface area (TPSA) is 85.2 Å². The molecule has 0 saturated carbocycles. The van der Waals surface area contributed by atoms with Crippen molar-refractivity contribution in [3.05, 3.63) is 18.3 Å². The maximum Gasteiger partial charge on any atom is 0.236 e. The van der Waals surface area contributed by atoms with Crippen LogP contribution in [0.1, 0.15) is 6.92 Å². The van der Waals surface area contributed by atoms with Gasteiger partial charge in [0.25, 0.3) is 0 Å². The van der Waals surface area contributed by atoms with E-state index in [-0.39, 0.29) is 12.5 Å². The lowest BCUT2D eigenvalue weighted by Gasteiger charge is -2.21. The van der Waals surface area contributed by atoms with Crippen LogP contribution in [0.5, 0.6) is 0 Å². The molecule has 0 unspecified atom stereocenters. The summed E-state index contributed by atoms with van der Waals surface area (Å²) in [5, 5.41) is 0. The molecule has 1 aromatic rings. The number of carbonyl (C=O) groups excluding carboxylic acids is 1. The highest BCUT2D eigenvalue weighted by molar-refractivity contribution is 5.79. The van der Waals surface area contributed by atoms with Crippen molar-refractivity contribution in [2.24, 2.45) is 5.73 Å². The van der Waals surface area contributed by atoms with E-state index < -0.39 is 0 Å². The van der Waals surface area contributed by atoms with E-state index in [4.69, 9.17) is 11.5 Å². The number of nitrogens with two attached hydrogens (primary N) is 2. The first kappa shape index (κ1) is 10.3. The fraction of sp³-hybridized carbons (Fsp3) is 0.333. The molecule has 0 saturated heterocycles. The maximum absolute atomic E-state index is 10.8. The minimum absolute atomic E-state index is 0.194. The van der Waals surface area contributed by atoms with Crippen LogP contribution >= 0.6 is 0 Å². The molecule has 4 N–H and O–H groups in total. The third-order valence-corrected chi connectivity index (χ3v) is 1.86. The highest BCUT2D eigenvalue weighted by atomic mass is 16.1. The summed E-state index contributed by atoms with van der Waals surface area (Å²) in [7, 11) is 0. The largest absolute Gasteiger partial charge is 0.384 e. The van der Waals surface area contributed by atoms with E-state index in [2.05, 4.69) is 4.98 Å². The minimum atomic E-state index is -0.359. The Bertz CT molecular complexity index is 326. The summed E-state index contributed by atoms with van der Waals surface area (Å²) in [5.74, 6) is 0.0765. The lowest BCUT2D eigenvalue weighted by atomic mass is 10.3. The number of carbonyl (C=O) groups is 1. The molecule has 0 fully saturated rings. The SMILES string of the molecule is CCN(CC(N)=O)c1ccnc(N)c1. The Morgan fingerprint density at radius 1 is 1.64 bits per heavy atom. The van der Waals surface area contributed by atoms with Crippen molar-refractivity contribution < 1.29 is 4.79 Å². The van der Waals surface area contributed by atoms with Gasteiger partial charge >= 0.3 is 0 Å². The second-order valence-corrected chi connectivity index (χ2v) is 2.92. The van der Waals surface area contributed by atoms with Gasteiger partial charge in [0.1, 0.15) is 5.82 Å². The highest BCUT2D eigenvalue weighted by Crippen LogP contribution is 2.14. The van der Waals surface area contributed by atoms with Crippen molar-refractivity contribution in [1.82, 2.24) is 4.98 Å². The van der Waals surface area contributed by atoms with E-state index in [9.17, 15) is 4.79 Å². The Labute approximate surface area is 82.7 Å². The molecule has 1 amide bonds. The number of primary amides is 1. The Balaban J connectivity index is 2.83. The van der Waals surface area contributed by atoms with Crippen LogP contribution in [0.25, 0.3) is 0 Å². The summed E-state index contributed by atoms with van der Waals surface area (Å²) in [6.07, 6.45) is 1.61. The molecule has 14 heavy (non-hydrogen) atoms. The zero-order valence-corrected chi connectivity index (χ0v) is 8.10. The zero-order chi connectivity index (χ0) is 10.6. The Morgan fingerprint density at radius 2 is 2.36 bits per heavy atom. The quantitative estimate of drug-likeness (QED) is 0.705. The van der Waals surface area contributed by atoms with Crippen molar-refractivity contribution in [2.75, 3.05) is 23.7 Å². The minimum Gasteiger partial charge on any atom is -0.384 e. The molecule has 5 nitrogen and oxygen atoms in total. The van der Waals surface area contributed by atoms with Gasteiger partial charge in [-0.2, -0.15) is 0 Å². The van der Waals surface area contributed by atoms with E-state index >= 15 is 0 Å². The van der Waals surface area contributed by atoms with Gasteiger partial charge in [-0.1, -0.05) is 0 Å². The molecule has 1 rings (SSSR count). The van der Waals surface area contributed by atoms with Crippen molar-refractivity contribution in [2.45, 2.75) is 6.92 Å². The van der Waals surface area contributed by atoms with Crippen LogP contribution in [-0.2, 0) is 4.79 Å². The summed E-state index contributed by atoms with van der Waals surface area (Å²) >= 11 is 0. The highest BCUT2D eigenvalue weighted by Gasteiger charge is 2.07. The maximum atomic E-state index is 10.8. The number of amides is 1. The van der Waals surface area contributed by atoms with Crippen LogP contribution < -0.4 is 16.4 Å². The number of hydrogen-bond donors (Lipinski definition) is 2. The van der Waals surface area contributed by atoms with Gasteiger partial charge < -0.3 is 16.4 Å². The zero-order valence-electron chi connectivity index (χ0n) is 8.10. The van der Waals surface area contributed by atoms with E-state index in [0.717, 1.165) is 5.69 Å². The molecule has 0 radical (unpaired) electrons. The predicted octanol–water partition coefficient (Wildman–Crippen LogP) is -0.0246. The summed E-state index contributed by atoms with van der Waals surface area (Å²) in [5.41, 5.74) is 11.5. The first-order valence-corrected chi connectivity index (χ1v) is 4.38. The Hall–Kier alpha value is -1.78. The lowest BCUT2D eigenvalue weighted by molar-refractivity contribution is -0.116. The van der Waals surface area contributed by atoms with Crippen LogP contribution in [0.15, 0.2) is 18.3 Å². The number of rotatable bonds is 4. The average molecular weight is 194 g/mol. The van der Waals surface area contributed by atoms with E-state index in [0.29, 0.717) is 12.4 Å². The van der Waals surface area contributed by atoms with Gasteiger partial charge in [0.15, 0.2) is 0 Å². The van der Waals surface area contributed by atoms with Crippen molar-refractivity contribution in [1.29, 1.82) is 0 Å². The monoisotopic (exact) mass is 194 g/mol. The fourth-order valence-electron chi connectivity index (χ4n) is 1.21. The number of nitrogens with zero attached hydrogens (tertiary/aromatic N) is 2. The van der Waals surface area contributed by atoms with Gasteiger partial charge in [-0.15, -0.1) is 0 Å². The molecule has 76 valence electrons. The molecular weight excluding hydrogens is 180 g/mol. The molecule has 0 spiro atoms. The van der Waals surface area contributed by atoms with Gasteiger partial charge in [0.2, 0.25) is 5.91 Å². The van der Waals surface area contributed by atoms with Gasteiger partial charge in [-0.25, -0.2) is 4.98 Å². The standard InChI is InChI=1S/C9H14N4O/c1-2-13(6-9(11)14)7-3-4-12-8(10)5-7/h3-5H,2,6H2,1H3,(H2,10,12)(H2,11,14). The molecule has 1 aromatic heterocycles. The van der Waals surface area contributed by atoms with Crippen LogP contribution in [0, 0.1) is 0 Å².